The first kappa shape index (κ1) is 14.1. The van der Waals surface area contributed by atoms with Crippen LogP contribution in [0.25, 0.3) is 0 Å². The Morgan fingerprint density at radius 1 is 1.40 bits per heavy atom. The van der Waals surface area contributed by atoms with Gasteiger partial charge in [-0.2, -0.15) is 5.26 Å². The fraction of sp³-hybridized carbons (Fsp3) is 0.400. The summed E-state index contributed by atoms with van der Waals surface area (Å²) >= 11 is 0. The van der Waals surface area contributed by atoms with Crippen molar-refractivity contribution in [2.45, 2.75) is 26.8 Å². The Morgan fingerprint density at radius 2 is 2.10 bits per heavy atom. The molecule has 2 rings (SSSR count). The zero-order valence-electron chi connectivity index (χ0n) is 11.8. The number of carbonyl (C=O) groups excluding carboxylic acids is 2. The lowest BCUT2D eigenvalue weighted by Crippen LogP contribution is -2.32. The van der Waals surface area contributed by atoms with Crippen molar-refractivity contribution in [2.75, 3.05) is 7.11 Å². The highest BCUT2D eigenvalue weighted by molar-refractivity contribution is 6.05. The molecule has 0 N–H and O–H groups in total. The van der Waals surface area contributed by atoms with Crippen LogP contribution in [0.3, 0.4) is 0 Å². The first-order valence-corrected chi connectivity index (χ1v) is 6.31. The summed E-state index contributed by atoms with van der Waals surface area (Å²) in [5.74, 6) is 0.141. The molecular weight excluding hydrogens is 256 g/mol. The zero-order chi connectivity index (χ0) is 14.9. The van der Waals surface area contributed by atoms with Gasteiger partial charge in [0.25, 0.3) is 0 Å². The van der Waals surface area contributed by atoms with Gasteiger partial charge >= 0.3 is 0 Å². The Hall–Kier alpha value is -2.35. The Labute approximate surface area is 117 Å². The minimum Gasteiger partial charge on any atom is -0.495 e. The quantitative estimate of drug-likeness (QED) is 0.787. The molecule has 0 unspecified atom stereocenters. The van der Waals surface area contributed by atoms with Gasteiger partial charge < -0.3 is 4.74 Å². The van der Waals surface area contributed by atoms with E-state index >= 15 is 0 Å². The second-order valence-electron chi connectivity index (χ2n) is 5.49. The third-order valence-electron chi connectivity index (χ3n) is 3.44. The number of benzene rings is 1. The molecule has 0 spiro atoms. The van der Waals surface area contributed by atoms with Crippen molar-refractivity contribution in [3.05, 3.63) is 29.3 Å². The number of imide groups is 1. The summed E-state index contributed by atoms with van der Waals surface area (Å²) in [5.41, 5.74) is 0.492. The van der Waals surface area contributed by atoms with Crippen molar-refractivity contribution in [1.82, 2.24) is 4.90 Å². The van der Waals surface area contributed by atoms with E-state index in [4.69, 9.17) is 10.00 Å². The van der Waals surface area contributed by atoms with E-state index in [0.29, 0.717) is 11.3 Å². The van der Waals surface area contributed by atoms with E-state index in [1.165, 1.54) is 12.0 Å². The highest BCUT2D eigenvalue weighted by Crippen LogP contribution is 2.33. The SMILES string of the molecule is COc1ccc(CN2C(=O)CC(C)(C)C2=O)cc1C#N. The summed E-state index contributed by atoms with van der Waals surface area (Å²) in [5, 5.41) is 9.04. The van der Waals surface area contributed by atoms with Crippen LogP contribution in [0.5, 0.6) is 5.75 Å². The second kappa shape index (κ2) is 4.97. The molecule has 0 aliphatic carbocycles. The number of rotatable bonds is 3. The van der Waals surface area contributed by atoms with Crippen LogP contribution in [0.1, 0.15) is 31.4 Å². The van der Waals surface area contributed by atoms with Crippen molar-refractivity contribution < 1.29 is 14.3 Å². The highest BCUT2D eigenvalue weighted by Gasteiger charge is 2.44. The topological polar surface area (TPSA) is 70.4 Å². The maximum absolute atomic E-state index is 12.1. The van der Waals surface area contributed by atoms with Gasteiger partial charge in [0.2, 0.25) is 11.8 Å². The summed E-state index contributed by atoms with van der Waals surface area (Å²) in [6, 6.07) is 7.11. The number of methoxy groups -OCH3 is 1. The van der Waals surface area contributed by atoms with Crippen LogP contribution in [0.2, 0.25) is 0 Å². The largest absolute Gasteiger partial charge is 0.495 e. The van der Waals surface area contributed by atoms with E-state index in [-0.39, 0.29) is 24.8 Å². The van der Waals surface area contributed by atoms with Gasteiger partial charge in [-0.3, -0.25) is 14.5 Å². The first-order chi connectivity index (χ1) is 9.39. The molecule has 0 atom stereocenters. The van der Waals surface area contributed by atoms with Crippen LogP contribution in [-0.2, 0) is 16.1 Å². The van der Waals surface area contributed by atoms with Crippen molar-refractivity contribution in [3.63, 3.8) is 0 Å². The first-order valence-electron chi connectivity index (χ1n) is 6.31. The lowest BCUT2D eigenvalue weighted by molar-refractivity contribution is -0.141. The Morgan fingerprint density at radius 3 is 2.60 bits per heavy atom. The van der Waals surface area contributed by atoms with Gasteiger partial charge in [0, 0.05) is 6.42 Å². The fourth-order valence-electron chi connectivity index (χ4n) is 2.31. The smallest absolute Gasteiger partial charge is 0.235 e. The van der Waals surface area contributed by atoms with Crippen molar-refractivity contribution in [3.8, 4) is 11.8 Å². The van der Waals surface area contributed by atoms with Crippen LogP contribution in [0.4, 0.5) is 0 Å². The predicted octanol–water partition coefficient (Wildman–Crippen LogP) is 1.85. The average molecular weight is 272 g/mol. The molecule has 1 aliphatic heterocycles. The Balaban J connectivity index is 2.25. The van der Waals surface area contributed by atoms with Crippen LogP contribution in [-0.4, -0.2) is 23.8 Å². The van der Waals surface area contributed by atoms with Crippen LogP contribution < -0.4 is 4.74 Å². The number of amides is 2. The van der Waals surface area contributed by atoms with Crippen molar-refractivity contribution in [1.29, 1.82) is 5.26 Å². The number of hydrogen-bond acceptors (Lipinski definition) is 4. The number of carbonyl (C=O) groups is 2. The molecule has 5 nitrogen and oxygen atoms in total. The summed E-state index contributed by atoms with van der Waals surface area (Å²) in [7, 11) is 1.49. The summed E-state index contributed by atoms with van der Waals surface area (Å²) in [6.07, 6.45) is 0.229. The molecule has 0 saturated carbocycles. The normalized spacial score (nSPS) is 17.2. The number of nitrogens with zero attached hydrogens (tertiary/aromatic N) is 2. The van der Waals surface area contributed by atoms with Crippen LogP contribution >= 0.6 is 0 Å². The number of likely N-dealkylation sites (tertiary alicyclic amines) is 1. The molecule has 0 aromatic heterocycles. The van der Waals surface area contributed by atoms with E-state index in [2.05, 4.69) is 0 Å². The molecule has 20 heavy (non-hydrogen) atoms. The Kier molecular flexibility index (Phi) is 3.49. The predicted molar refractivity (Wildman–Crippen MR) is 71.7 cm³/mol. The molecule has 2 amide bonds. The molecule has 1 aromatic rings. The van der Waals surface area contributed by atoms with Gasteiger partial charge in [-0.15, -0.1) is 0 Å². The van der Waals surface area contributed by atoms with Crippen LogP contribution in [0, 0.1) is 16.7 Å². The minimum atomic E-state index is -0.637. The number of hydrogen-bond donors (Lipinski definition) is 0. The maximum Gasteiger partial charge on any atom is 0.235 e. The van der Waals surface area contributed by atoms with Gasteiger partial charge in [0.1, 0.15) is 11.8 Å². The summed E-state index contributed by atoms with van der Waals surface area (Å²) in [4.78, 5) is 25.3. The second-order valence-corrected chi connectivity index (χ2v) is 5.49. The van der Waals surface area contributed by atoms with Crippen molar-refractivity contribution in [2.24, 2.45) is 5.41 Å². The summed E-state index contributed by atoms with van der Waals surface area (Å²) in [6.45, 7) is 3.73. The van der Waals surface area contributed by atoms with E-state index in [0.717, 1.165) is 5.56 Å². The van der Waals surface area contributed by atoms with Gasteiger partial charge in [0.05, 0.1) is 24.6 Å². The van der Waals surface area contributed by atoms with Gasteiger partial charge in [0.15, 0.2) is 0 Å². The van der Waals surface area contributed by atoms with Crippen LogP contribution in [0.15, 0.2) is 18.2 Å². The minimum absolute atomic E-state index is 0.170. The fourth-order valence-corrected chi connectivity index (χ4v) is 2.31. The van der Waals surface area contributed by atoms with Gasteiger partial charge in [-0.1, -0.05) is 19.9 Å². The molecule has 1 aliphatic rings. The third kappa shape index (κ3) is 2.37. The highest BCUT2D eigenvalue weighted by atomic mass is 16.5. The molecule has 0 radical (unpaired) electrons. The van der Waals surface area contributed by atoms with Gasteiger partial charge in [-0.25, -0.2) is 0 Å². The Bertz CT molecular complexity index is 614. The molecule has 1 aromatic carbocycles. The lowest BCUT2D eigenvalue weighted by atomic mass is 9.92. The molecular formula is C15H16N2O3. The zero-order valence-corrected chi connectivity index (χ0v) is 11.8. The maximum atomic E-state index is 12.1. The molecule has 104 valence electrons. The number of nitriles is 1. The van der Waals surface area contributed by atoms with Gasteiger partial charge in [-0.05, 0) is 17.7 Å². The molecule has 5 heteroatoms. The standard InChI is InChI=1S/C15H16N2O3/c1-15(2)7-13(18)17(14(15)19)9-10-4-5-12(20-3)11(6-10)8-16/h4-6H,7,9H2,1-3H3. The molecule has 0 bridgehead atoms. The van der Waals surface area contributed by atoms with E-state index < -0.39 is 5.41 Å². The third-order valence-corrected chi connectivity index (χ3v) is 3.44. The summed E-state index contributed by atoms with van der Waals surface area (Å²) < 4.78 is 5.07. The lowest BCUT2D eigenvalue weighted by Gasteiger charge is -2.18. The number of ether oxygens (including phenoxy) is 1. The van der Waals surface area contributed by atoms with Crippen molar-refractivity contribution >= 4 is 11.8 Å². The monoisotopic (exact) mass is 272 g/mol. The van der Waals surface area contributed by atoms with E-state index in [1.807, 2.05) is 6.07 Å². The molecule has 1 fully saturated rings. The average Bonchev–Trinajstić information content (AvgIpc) is 2.60. The van der Waals surface area contributed by atoms with E-state index in [1.54, 1.807) is 32.0 Å². The molecule has 1 heterocycles. The molecule has 1 saturated heterocycles. The van der Waals surface area contributed by atoms with E-state index in [9.17, 15) is 9.59 Å².